The van der Waals surface area contributed by atoms with Gasteiger partial charge in [-0.05, 0) is 31.2 Å². The van der Waals surface area contributed by atoms with Crippen molar-refractivity contribution < 1.29 is 9.13 Å². The zero-order valence-corrected chi connectivity index (χ0v) is 14.2. The van der Waals surface area contributed by atoms with Gasteiger partial charge in [-0.3, -0.25) is 4.90 Å². The predicted octanol–water partition coefficient (Wildman–Crippen LogP) is 2.43. The zero-order valence-electron chi connectivity index (χ0n) is 13.4. The predicted molar refractivity (Wildman–Crippen MR) is 89.0 cm³/mol. The van der Waals surface area contributed by atoms with Crippen molar-refractivity contribution in [3.63, 3.8) is 0 Å². The molecule has 1 aliphatic heterocycles. The van der Waals surface area contributed by atoms with E-state index in [1.807, 2.05) is 11.6 Å². The number of aromatic nitrogens is 3. The number of morpholine rings is 1. The molecule has 0 spiro atoms. The summed E-state index contributed by atoms with van der Waals surface area (Å²) in [5, 5.41) is 9.36. The molecule has 1 aromatic heterocycles. The van der Waals surface area contributed by atoms with Gasteiger partial charge in [0, 0.05) is 38.0 Å². The van der Waals surface area contributed by atoms with Crippen LogP contribution in [0.15, 0.2) is 29.4 Å². The maximum absolute atomic E-state index is 13.0. The van der Waals surface area contributed by atoms with Gasteiger partial charge in [0.2, 0.25) is 0 Å². The molecule has 1 atom stereocenters. The highest BCUT2D eigenvalue weighted by Crippen LogP contribution is 2.23. The van der Waals surface area contributed by atoms with Gasteiger partial charge in [0.25, 0.3) is 0 Å². The summed E-state index contributed by atoms with van der Waals surface area (Å²) in [7, 11) is 1.94. The Morgan fingerprint density at radius 3 is 2.83 bits per heavy atom. The topological polar surface area (TPSA) is 43.2 Å². The molecule has 23 heavy (non-hydrogen) atoms. The van der Waals surface area contributed by atoms with Crippen LogP contribution in [0.2, 0.25) is 0 Å². The normalized spacial score (nSPS) is 19.2. The van der Waals surface area contributed by atoms with Crippen molar-refractivity contribution in [2.45, 2.75) is 18.2 Å². The number of rotatable bonds is 5. The number of hydrogen-bond donors (Lipinski definition) is 0. The van der Waals surface area contributed by atoms with Crippen molar-refractivity contribution in [1.82, 2.24) is 19.7 Å². The summed E-state index contributed by atoms with van der Waals surface area (Å²) >= 11 is 1.69. The van der Waals surface area contributed by atoms with E-state index in [4.69, 9.17) is 4.74 Å². The number of ether oxygens (including phenoxy) is 1. The summed E-state index contributed by atoms with van der Waals surface area (Å²) in [6.07, 6.45) is 0.314. The summed E-state index contributed by atoms with van der Waals surface area (Å²) in [5.74, 6) is 1.47. The molecule has 0 unspecified atom stereocenters. The van der Waals surface area contributed by atoms with E-state index in [1.165, 1.54) is 12.1 Å². The molecular formula is C16H21FN4OS. The average molecular weight is 336 g/mol. The van der Waals surface area contributed by atoms with Gasteiger partial charge in [0.15, 0.2) is 11.0 Å². The highest BCUT2D eigenvalue weighted by molar-refractivity contribution is 7.99. The smallest absolute Gasteiger partial charge is 0.191 e. The Kier molecular flexibility index (Phi) is 5.30. The molecule has 1 saturated heterocycles. The minimum atomic E-state index is -0.245. The van der Waals surface area contributed by atoms with Crippen LogP contribution in [0, 0.1) is 5.82 Å². The van der Waals surface area contributed by atoms with Crippen molar-refractivity contribution in [2.75, 3.05) is 32.0 Å². The van der Waals surface area contributed by atoms with Crippen LogP contribution in [-0.2, 0) is 11.8 Å². The first-order valence-electron chi connectivity index (χ1n) is 7.75. The number of nitrogens with zero attached hydrogens (tertiary/aromatic N) is 4. The summed E-state index contributed by atoms with van der Waals surface area (Å²) < 4.78 is 20.5. The fraction of sp³-hybridized carbons (Fsp3) is 0.500. The van der Waals surface area contributed by atoms with Crippen LogP contribution in [0.5, 0.6) is 0 Å². The highest BCUT2D eigenvalue weighted by atomic mass is 32.2. The molecule has 0 aliphatic carbocycles. The highest BCUT2D eigenvalue weighted by Gasteiger charge is 2.17. The minimum Gasteiger partial charge on any atom is -0.376 e. The van der Waals surface area contributed by atoms with Gasteiger partial charge in [-0.1, -0.05) is 11.8 Å². The lowest BCUT2D eigenvalue weighted by molar-refractivity contribution is -0.0158. The number of halogens is 1. The summed E-state index contributed by atoms with van der Waals surface area (Å²) in [6, 6.07) is 6.33. The first kappa shape index (κ1) is 16.4. The fourth-order valence-corrected chi connectivity index (χ4v) is 3.56. The molecule has 0 amide bonds. The van der Waals surface area contributed by atoms with Crippen LogP contribution in [0.25, 0.3) is 11.4 Å². The molecule has 0 radical (unpaired) electrons. The molecule has 0 saturated carbocycles. The molecule has 1 fully saturated rings. The van der Waals surface area contributed by atoms with Crippen molar-refractivity contribution >= 4 is 11.8 Å². The van der Waals surface area contributed by atoms with E-state index < -0.39 is 0 Å². The van der Waals surface area contributed by atoms with Gasteiger partial charge in [-0.15, -0.1) is 10.2 Å². The van der Waals surface area contributed by atoms with Crippen LogP contribution in [0.3, 0.4) is 0 Å². The quantitative estimate of drug-likeness (QED) is 0.785. The standard InChI is InChI=1S/C16H21FN4OS/c1-12-11-21(7-9-22-12)8-10-23-16-19-18-15(20(16)2)13-3-5-14(17)6-4-13/h3-6,12H,7-11H2,1-2H3/t12-/m0/s1. The number of thioether (sulfide) groups is 1. The van der Waals surface area contributed by atoms with E-state index in [1.54, 1.807) is 23.9 Å². The minimum absolute atomic E-state index is 0.245. The van der Waals surface area contributed by atoms with Crippen molar-refractivity contribution in [3.8, 4) is 11.4 Å². The molecule has 2 heterocycles. The van der Waals surface area contributed by atoms with E-state index in [0.717, 1.165) is 48.5 Å². The summed E-state index contributed by atoms with van der Waals surface area (Å²) in [5.41, 5.74) is 0.871. The van der Waals surface area contributed by atoms with E-state index >= 15 is 0 Å². The molecule has 7 heteroatoms. The molecule has 2 aromatic rings. The van der Waals surface area contributed by atoms with Gasteiger partial charge < -0.3 is 9.30 Å². The Morgan fingerprint density at radius 2 is 2.09 bits per heavy atom. The fourth-order valence-electron chi connectivity index (χ4n) is 2.65. The van der Waals surface area contributed by atoms with Crippen molar-refractivity contribution in [3.05, 3.63) is 30.1 Å². The first-order chi connectivity index (χ1) is 11.1. The molecule has 3 rings (SSSR count). The Labute approximate surface area is 139 Å². The second kappa shape index (κ2) is 7.42. The van der Waals surface area contributed by atoms with Gasteiger partial charge in [0.1, 0.15) is 5.82 Å². The van der Waals surface area contributed by atoms with Crippen LogP contribution >= 0.6 is 11.8 Å². The molecule has 0 bridgehead atoms. The molecule has 124 valence electrons. The second-order valence-corrected chi connectivity index (χ2v) is 6.76. The Bertz CT molecular complexity index is 646. The molecule has 1 aliphatic rings. The zero-order chi connectivity index (χ0) is 16.2. The van der Waals surface area contributed by atoms with Crippen molar-refractivity contribution in [2.24, 2.45) is 7.05 Å². The Hall–Kier alpha value is -1.44. The summed E-state index contributed by atoms with van der Waals surface area (Å²) in [4.78, 5) is 2.42. The Balaban J connectivity index is 1.58. The summed E-state index contributed by atoms with van der Waals surface area (Å²) in [6.45, 7) is 5.91. The van der Waals surface area contributed by atoms with E-state index in [2.05, 4.69) is 22.0 Å². The molecule has 5 nitrogen and oxygen atoms in total. The maximum Gasteiger partial charge on any atom is 0.191 e. The second-order valence-electron chi connectivity index (χ2n) is 5.70. The lowest BCUT2D eigenvalue weighted by Gasteiger charge is -2.30. The third-order valence-corrected chi connectivity index (χ3v) is 4.90. The van der Waals surface area contributed by atoms with Crippen LogP contribution in [0.4, 0.5) is 4.39 Å². The van der Waals surface area contributed by atoms with E-state index in [9.17, 15) is 4.39 Å². The lowest BCUT2D eigenvalue weighted by Crippen LogP contribution is -2.42. The monoisotopic (exact) mass is 336 g/mol. The molecular weight excluding hydrogens is 315 g/mol. The van der Waals surface area contributed by atoms with Gasteiger partial charge >= 0.3 is 0 Å². The SMILES string of the molecule is C[C@H]1CN(CCSc2nnc(-c3ccc(F)cc3)n2C)CCO1. The Morgan fingerprint density at radius 1 is 1.30 bits per heavy atom. The van der Waals surface area contributed by atoms with Crippen LogP contribution in [0.1, 0.15) is 6.92 Å². The van der Waals surface area contributed by atoms with Gasteiger partial charge in [-0.25, -0.2) is 4.39 Å². The first-order valence-corrected chi connectivity index (χ1v) is 8.74. The maximum atomic E-state index is 13.0. The van der Waals surface area contributed by atoms with E-state index in [-0.39, 0.29) is 5.82 Å². The molecule has 0 N–H and O–H groups in total. The average Bonchev–Trinajstić information content (AvgIpc) is 2.90. The van der Waals surface area contributed by atoms with Crippen LogP contribution < -0.4 is 0 Å². The lowest BCUT2D eigenvalue weighted by atomic mass is 10.2. The van der Waals surface area contributed by atoms with Gasteiger partial charge in [-0.2, -0.15) is 0 Å². The third-order valence-electron chi connectivity index (χ3n) is 3.90. The van der Waals surface area contributed by atoms with Crippen LogP contribution in [-0.4, -0.2) is 57.8 Å². The largest absolute Gasteiger partial charge is 0.376 e. The molecule has 1 aromatic carbocycles. The number of hydrogen-bond acceptors (Lipinski definition) is 5. The third kappa shape index (κ3) is 4.10. The van der Waals surface area contributed by atoms with E-state index in [0.29, 0.717) is 6.10 Å². The number of benzene rings is 1. The van der Waals surface area contributed by atoms with Gasteiger partial charge in [0.05, 0.1) is 12.7 Å². The van der Waals surface area contributed by atoms with Crippen molar-refractivity contribution in [1.29, 1.82) is 0 Å².